The SMILES string of the molecule is COc1ccc(NCc2ccncc2)cn1. The molecular weight excluding hydrogens is 202 g/mol. The molecule has 1 N–H and O–H groups in total. The molecule has 2 rings (SSSR count). The fourth-order valence-electron chi connectivity index (χ4n) is 1.31. The molecule has 0 fully saturated rings. The van der Waals surface area contributed by atoms with E-state index in [0.29, 0.717) is 5.88 Å². The van der Waals surface area contributed by atoms with Crippen molar-refractivity contribution in [2.24, 2.45) is 0 Å². The topological polar surface area (TPSA) is 47.0 Å². The fraction of sp³-hybridized carbons (Fsp3) is 0.167. The van der Waals surface area contributed by atoms with E-state index in [2.05, 4.69) is 15.3 Å². The summed E-state index contributed by atoms with van der Waals surface area (Å²) in [5.74, 6) is 0.620. The minimum Gasteiger partial charge on any atom is -0.481 e. The van der Waals surface area contributed by atoms with Crippen molar-refractivity contribution < 1.29 is 4.74 Å². The van der Waals surface area contributed by atoms with Crippen molar-refractivity contribution in [1.29, 1.82) is 0 Å². The number of pyridine rings is 2. The molecule has 4 heteroatoms. The quantitative estimate of drug-likeness (QED) is 0.848. The van der Waals surface area contributed by atoms with Crippen molar-refractivity contribution in [3.63, 3.8) is 0 Å². The lowest BCUT2D eigenvalue weighted by molar-refractivity contribution is 0.398. The first kappa shape index (κ1) is 10.4. The summed E-state index contributed by atoms with van der Waals surface area (Å²) >= 11 is 0. The summed E-state index contributed by atoms with van der Waals surface area (Å²) in [7, 11) is 1.60. The molecule has 2 aromatic rings. The first-order valence-corrected chi connectivity index (χ1v) is 5.01. The van der Waals surface area contributed by atoms with Gasteiger partial charge in [0.1, 0.15) is 0 Å². The second kappa shape index (κ2) is 5.11. The molecule has 2 heterocycles. The van der Waals surface area contributed by atoms with E-state index in [-0.39, 0.29) is 0 Å². The van der Waals surface area contributed by atoms with Crippen LogP contribution in [0.5, 0.6) is 5.88 Å². The van der Waals surface area contributed by atoms with Gasteiger partial charge in [0.15, 0.2) is 0 Å². The van der Waals surface area contributed by atoms with E-state index >= 15 is 0 Å². The van der Waals surface area contributed by atoms with E-state index in [4.69, 9.17) is 4.74 Å². The van der Waals surface area contributed by atoms with Gasteiger partial charge in [-0.15, -0.1) is 0 Å². The summed E-state index contributed by atoms with van der Waals surface area (Å²) in [5.41, 5.74) is 2.16. The lowest BCUT2D eigenvalue weighted by atomic mass is 10.2. The van der Waals surface area contributed by atoms with Crippen molar-refractivity contribution in [3.05, 3.63) is 48.4 Å². The van der Waals surface area contributed by atoms with Crippen LogP contribution < -0.4 is 10.1 Å². The van der Waals surface area contributed by atoms with Crippen LogP contribution in [0.25, 0.3) is 0 Å². The van der Waals surface area contributed by atoms with E-state index in [0.717, 1.165) is 12.2 Å². The van der Waals surface area contributed by atoms with Crippen molar-refractivity contribution in [1.82, 2.24) is 9.97 Å². The van der Waals surface area contributed by atoms with Crippen molar-refractivity contribution >= 4 is 5.69 Å². The van der Waals surface area contributed by atoms with Crippen LogP contribution in [0.15, 0.2) is 42.9 Å². The molecule has 0 aliphatic heterocycles. The highest BCUT2D eigenvalue weighted by atomic mass is 16.5. The Kier molecular flexibility index (Phi) is 3.33. The summed E-state index contributed by atoms with van der Waals surface area (Å²) < 4.78 is 4.98. The third-order valence-corrected chi connectivity index (χ3v) is 2.19. The maximum atomic E-state index is 4.98. The van der Waals surface area contributed by atoms with Crippen molar-refractivity contribution in [2.75, 3.05) is 12.4 Å². The number of ether oxygens (including phenoxy) is 1. The Bertz CT molecular complexity index is 428. The van der Waals surface area contributed by atoms with Gasteiger partial charge in [0, 0.05) is 25.0 Å². The zero-order chi connectivity index (χ0) is 11.2. The Morgan fingerprint density at radius 3 is 2.62 bits per heavy atom. The first-order valence-electron chi connectivity index (χ1n) is 5.01. The standard InChI is InChI=1S/C12H13N3O/c1-16-12-3-2-11(9-15-12)14-8-10-4-6-13-7-5-10/h2-7,9,14H,8H2,1H3. The second-order valence-corrected chi connectivity index (χ2v) is 3.30. The molecular formula is C12H13N3O. The first-order chi connectivity index (χ1) is 7.88. The number of anilines is 1. The average molecular weight is 215 g/mol. The van der Waals surface area contributed by atoms with Crippen LogP contribution in [0.1, 0.15) is 5.56 Å². The molecule has 0 aliphatic carbocycles. The lowest BCUT2D eigenvalue weighted by Crippen LogP contribution is -1.99. The second-order valence-electron chi connectivity index (χ2n) is 3.30. The van der Waals surface area contributed by atoms with E-state index in [1.807, 2.05) is 24.3 Å². The predicted molar refractivity (Wildman–Crippen MR) is 62.4 cm³/mol. The van der Waals surface area contributed by atoms with Gasteiger partial charge in [-0.1, -0.05) is 0 Å². The van der Waals surface area contributed by atoms with Crippen LogP contribution in [-0.2, 0) is 6.54 Å². The van der Waals surface area contributed by atoms with Crippen LogP contribution in [0.3, 0.4) is 0 Å². The monoisotopic (exact) mass is 215 g/mol. The Morgan fingerprint density at radius 2 is 2.00 bits per heavy atom. The van der Waals surface area contributed by atoms with E-state index < -0.39 is 0 Å². The molecule has 0 aromatic carbocycles. The fourth-order valence-corrected chi connectivity index (χ4v) is 1.31. The average Bonchev–Trinajstić information content (AvgIpc) is 2.38. The highest BCUT2D eigenvalue weighted by Crippen LogP contribution is 2.11. The van der Waals surface area contributed by atoms with Gasteiger partial charge >= 0.3 is 0 Å². The molecule has 82 valence electrons. The summed E-state index contributed by atoms with van der Waals surface area (Å²) in [6.45, 7) is 0.760. The van der Waals surface area contributed by atoms with Crippen LogP contribution in [-0.4, -0.2) is 17.1 Å². The molecule has 0 aliphatic rings. The Balaban J connectivity index is 1.94. The normalized spacial score (nSPS) is 9.81. The van der Waals surface area contributed by atoms with Gasteiger partial charge < -0.3 is 10.1 Å². The van der Waals surface area contributed by atoms with Crippen LogP contribution in [0.2, 0.25) is 0 Å². The van der Waals surface area contributed by atoms with Gasteiger partial charge in [0.05, 0.1) is 19.0 Å². The molecule has 0 spiro atoms. The number of aromatic nitrogens is 2. The summed E-state index contributed by atoms with van der Waals surface area (Å²) in [6.07, 6.45) is 5.31. The van der Waals surface area contributed by atoms with E-state index in [9.17, 15) is 0 Å². The third kappa shape index (κ3) is 2.70. The summed E-state index contributed by atoms with van der Waals surface area (Å²) in [4.78, 5) is 8.08. The molecule has 0 saturated carbocycles. The van der Waals surface area contributed by atoms with E-state index in [1.165, 1.54) is 5.56 Å². The Morgan fingerprint density at radius 1 is 1.19 bits per heavy atom. The minimum atomic E-state index is 0.620. The number of nitrogens with one attached hydrogen (secondary N) is 1. The molecule has 0 unspecified atom stereocenters. The van der Waals surface area contributed by atoms with Gasteiger partial charge in [-0.25, -0.2) is 4.98 Å². The number of hydrogen-bond acceptors (Lipinski definition) is 4. The van der Waals surface area contributed by atoms with Gasteiger partial charge in [-0.05, 0) is 23.8 Å². The molecule has 16 heavy (non-hydrogen) atoms. The maximum Gasteiger partial charge on any atom is 0.213 e. The van der Waals surface area contributed by atoms with Crippen molar-refractivity contribution in [2.45, 2.75) is 6.54 Å². The molecule has 0 bridgehead atoms. The zero-order valence-corrected chi connectivity index (χ0v) is 9.05. The van der Waals surface area contributed by atoms with Crippen LogP contribution in [0, 0.1) is 0 Å². The third-order valence-electron chi connectivity index (χ3n) is 2.19. The van der Waals surface area contributed by atoms with Crippen LogP contribution >= 0.6 is 0 Å². The molecule has 0 saturated heterocycles. The van der Waals surface area contributed by atoms with Gasteiger partial charge in [0.2, 0.25) is 5.88 Å². The summed E-state index contributed by atoms with van der Waals surface area (Å²) in [6, 6.07) is 7.72. The summed E-state index contributed by atoms with van der Waals surface area (Å²) in [5, 5.41) is 3.27. The largest absolute Gasteiger partial charge is 0.481 e. The van der Waals surface area contributed by atoms with Gasteiger partial charge in [-0.3, -0.25) is 4.98 Å². The molecule has 4 nitrogen and oxygen atoms in total. The maximum absolute atomic E-state index is 4.98. The molecule has 2 aromatic heterocycles. The van der Waals surface area contributed by atoms with Gasteiger partial charge in [0.25, 0.3) is 0 Å². The highest BCUT2D eigenvalue weighted by molar-refractivity contribution is 5.42. The number of nitrogens with zero attached hydrogens (tertiary/aromatic N) is 2. The van der Waals surface area contributed by atoms with Crippen LogP contribution in [0.4, 0.5) is 5.69 Å². The lowest BCUT2D eigenvalue weighted by Gasteiger charge is -2.06. The van der Waals surface area contributed by atoms with Gasteiger partial charge in [-0.2, -0.15) is 0 Å². The molecule has 0 amide bonds. The van der Waals surface area contributed by atoms with Crippen molar-refractivity contribution in [3.8, 4) is 5.88 Å². The number of hydrogen-bond donors (Lipinski definition) is 1. The number of rotatable bonds is 4. The Labute approximate surface area is 94.3 Å². The predicted octanol–water partition coefficient (Wildman–Crippen LogP) is 2.10. The number of methoxy groups -OCH3 is 1. The highest BCUT2D eigenvalue weighted by Gasteiger charge is 1.95. The molecule has 0 atom stereocenters. The Hall–Kier alpha value is -2.10. The minimum absolute atomic E-state index is 0.620. The van der Waals surface area contributed by atoms with E-state index in [1.54, 1.807) is 25.7 Å². The zero-order valence-electron chi connectivity index (χ0n) is 9.05. The smallest absolute Gasteiger partial charge is 0.213 e. The molecule has 0 radical (unpaired) electrons.